The van der Waals surface area contributed by atoms with Gasteiger partial charge in [-0.15, -0.1) is 0 Å². The average molecular weight is 186 g/mol. The van der Waals surface area contributed by atoms with E-state index in [0.29, 0.717) is 5.15 Å². The van der Waals surface area contributed by atoms with Crippen LogP contribution in [0.25, 0.3) is 6.08 Å². The lowest BCUT2D eigenvalue weighted by atomic mass is 10.3. The zero-order valence-electron chi connectivity index (χ0n) is 5.87. The third-order valence-electron chi connectivity index (χ3n) is 1.17. The highest BCUT2D eigenvalue weighted by Crippen LogP contribution is 2.06. The molecule has 1 nitrogen and oxygen atoms in total. The molecule has 58 valence electrons. The summed E-state index contributed by atoms with van der Waals surface area (Å²) >= 11 is 9.63. The predicted octanol–water partition coefficient (Wildman–Crippen LogP) is 2.68. The molecule has 0 N–H and O–H groups in total. The second kappa shape index (κ2) is 4.42. The first-order valence-corrected chi connectivity index (χ1v) is 4.23. The molecule has 0 aliphatic rings. The second-order valence-electron chi connectivity index (χ2n) is 2.00. The standard InChI is InChI=1S/C8H8ClNS/c9-8-4-3-7(6-10-8)2-1-5-11/h1-4,6,11H,5H2. The number of rotatable bonds is 2. The lowest BCUT2D eigenvalue weighted by Gasteiger charge is -1.90. The molecule has 0 fully saturated rings. The Morgan fingerprint density at radius 3 is 2.91 bits per heavy atom. The molecule has 1 aromatic rings. The highest BCUT2D eigenvalue weighted by atomic mass is 35.5. The van der Waals surface area contributed by atoms with E-state index in [1.54, 1.807) is 12.3 Å². The number of nitrogens with zero attached hydrogens (tertiary/aromatic N) is 1. The Hall–Kier alpha value is -0.470. The second-order valence-corrected chi connectivity index (χ2v) is 2.75. The first-order valence-electron chi connectivity index (χ1n) is 3.22. The van der Waals surface area contributed by atoms with Crippen molar-refractivity contribution in [1.82, 2.24) is 4.98 Å². The number of hydrogen-bond acceptors (Lipinski definition) is 2. The van der Waals surface area contributed by atoms with Gasteiger partial charge < -0.3 is 0 Å². The van der Waals surface area contributed by atoms with Gasteiger partial charge in [0.05, 0.1) is 0 Å². The van der Waals surface area contributed by atoms with Gasteiger partial charge in [0, 0.05) is 11.9 Å². The Kier molecular flexibility index (Phi) is 3.46. The van der Waals surface area contributed by atoms with E-state index >= 15 is 0 Å². The molecule has 0 spiro atoms. The molecule has 0 atom stereocenters. The van der Waals surface area contributed by atoms with E-state index in [2.05, 4.69) is 17.6 Å². The Bertz CT molecular complexity index is 243. The zero-order chi connectivity index (χ0) is 8.10. The lowest BCUT2D eigenvalue weighted by molar-refractivity contribution is 1.32. The van der Waals surface area contributed by atoms with Crippen molar-refractivity contribution in [2.24, 2.45) is 0 Å². The van der Waals surface area contributed by atoms with Gasteiger partial charge in [0.2, 0.25) is 0 Å². The van der Waals surface area contributed by atoms with E-state index in [4.69, 9.17) is 11.6 Å². The number of thiol groups is 1. The Labute approximate surface area is 76.5 Å². The van der Waals surface area contributed by atoms with Crippen LogP contribution in [0.5, 0.6) is 0 Å². The summed E-state index contributed by atoms with van der Waals surface area (Å²) in [4.78, 5) is 3.92. The third-order valence-corrected chi connectivity index (χ3v) is 1.60. The first-order chi connectivity index (χ1) is 5.33. The van der Waals surface area contributed by atoms with Crippen molar-refractivity contribution in [2.45, 2.75) is 0 Å². The fraction of sp³-hybridized carbons (Fsp3) is 0.125. The van der Waals surface area contributed by atoms with Gasteiger partial charge >= 0.3 is 0 Å². The van der Waals surface area contributed by atoms with E-state index in [0.717, 1.165) is 11.3 Å². The molecule has 0 aliphatic carbocycles. The molecule has 3 heteroatoms. The van der Waals surface area contributed by atoms with Crippen LogP contribution in [-0.4, -0.2) is 10.7 Å². The molecule has 1 aromatic heterocycles. The zero-order valence-corrected chi connectivity index (χ0v) is 7.52. The van der Waals surface area contributed by atoms with Crippen LogP contribution in [0.15, 0.2) is 24.4 Å². The summed E-state index contributed by atoms with van der Waals surface area (Å²) in [5.41, 5.74) is 1.04. The lowest BCUT2D eigenvalue weighted by Crippen LogP contribution is -1.76. The Balaban J connectivity index is 2.73. The van der Waals surface area contributed by atoms with Gasteiger partial charge in [-0.2, -0.15) is 12.6 Å². The minimum absolute atomic E-state index is 0.521. The maximum Gasteiger partial charge on any atom is 0.129 e. The van der Waals surface area contributed by atoms with E-state index in [1.165, 1.54) is 0 Å². The van der Waals surface area contributed by atoms with Crippen LogP contribution in [0.3, 0.4) is 0 Å². The van der Waals surface area contributed by atoms with Gasteiger partial charge in [0.15, 0.2) is 0 Å². The molecule has 0 saturated heterocycles. The Morgan fingerprint density at radius 2 is 2.36 bits per heavy atom. The van der Waals surface area contributed by atoms with Crippen LogP contribution < -0.4 is 0 Å². The molecule has 0 saturated carbocycles. The van der Waals surface area contributed by atoms with Gasteiger partial charge in [-0.05, 0) is 11.6 Å². The number of pyridine rings is 1. The minimum Gasteiger partial charge on any atom is -0.244 e. The molecule has 0 radical (unpaired) electrons. The van der Waals surface area contributed by atoms with Crippen LogP contribution in [0, 0.1) is 0 Å². The molecule has 0 bridgehead atoms. The molecule has 11 heavy (non-hydrogen) atoms. The van der Waals surface area contributed by atoms with Crippen LogP contribution in [0.4, 0.5) is 0 Å². The summed E-state index contributed by atoms with van der Waals surface area (Å²) in [5, 5.41) is 0.521. The van der Waals surface area contributed by atoms with Crippen molar-refractivity contribution in [1.29, 1.82) is 0 Å². The minimum atomic E-state index is 0.521. The van der Waals surface area contributed by atoms with Crippen molar-refractivity contribution in [3.05, 3.63) is 35.1 Å². The van der Waals surface area contributed by atoms with E-state index in [9.17, 15) is 0 Å². The van der Waals surface area contributed by atoms with Crippen molar-refractivity contribution < 1.29 is 0 Å². The summed E-state index contributed by atoms with van der Waals surface area (Å²) in [7, 11) is 0. The van der Waals surface area contributed by atoms with Gasteiger partial charge in [-0.1, -0.05) is 29.8 Å². The summed E-state index contributed by atoms with van der Waals surface area (Å²) in [5.74, 6) is 0.739. The third kappa shape index (κ3) is 2.95. The Morgan fingerprint density at radius 1 is 1.55 bits per heavy atom. The first kappa shape index (κ1) is 8.62. The van der Waals surface area contributed by atoms with E-state index in [-0.39, 0.29) is 0 Å². The quantitative estimate of drug-likeness (QED) is 0.552. The fourth-order valence-corrected chi connectivity index (χ4v) is 0.892. The van der Waals surface area contributed by atoms with Gasteiger partial charge in [0.1, 0.15) is 5.15 Å². The summed E-state index contributed by atoms with van der Waals surface area (Å²) < 4.78 is 0. The molecule has 0 aliphatic heterocycles. The largest absolute Gasteiger partial charge is 0.244 e. The monoisotopic (exact) mass is 185 g/mol. The number of hydrogen-bond donors (Lipinski definition) is 1. The SMILES string of the molecule is SCC=Cc1ccc(Cl)nc1. The predicted molar refractivity (Wildman–Crippen MR) is 52.1 cm³/mol. The van der Waals surface area contributed by atoms with Crippen molar-refractivity contribution in [3.63, 3.8) is 0 Å². The smallest absolute Gasteiger partial charge is 0.129 e. The molecular weight excluding hydrogens is 178 g/mol. The topological polar surface area (TPSA) is 12.9 Å². The van der Waals surface area contributed by atoms with Gasteiger partial charge in [0.25, 0.3) is 0 Å². The normalized spacial score (nSPS) is 10.7. The maximum atomic E-state index is 5.60. The van der Waals surface area contributed by atoms with Crippen molar-refractivity contribution in [3.8, 4) is 0 Å². The summed E-state index contributed by atoms with van der Waals surface area (Å²) in [6, 6.07) is 3.68. The highest BCUT2D eigenvalue weighted by molar-refractivity contribution is 7.80. The van der Waals surface area contributed by atoms with E-state index < -0.39 is 0 Å². The van der Waals surface area contributed by atoms with Gasteiger partial charge in [-0.3, -0.25) is 0 Å². The molecular formula is C8H8ClNS. The molecule has 1 rings (SSSR count). The van der Waals surface area contributed by atoms with E-state index in [1.807, 2.05) is 18.2 Å². The number of aromatic nitrogens is 1. The van der Waals surface area contributed by atoms with Crippen LogP contribution in [0.2, 0.25) is 5.15 Å². The van der Waals surface area contributed by atoms with Crippen LogP contribution in [-0.2, 0) is 0 Å². The highest BCUT2D eigenvalue weighted by Gasteiger charge is 1.87. The molecule has 0 amide bonds. The summed E-state index contributed by atoms with van der Waals surface area (Å²) in [6.45, 7) is 0. The fourth-order valence-electron chi connectivity index (χ4n) is 0.675. The van der Waals surface area contributed by atoms with Crippen molar-refractivity contribution >= 4 is 30.3 Å². The summed E-state index contributed by atoms with van der Waals surface area (Å²) in [6.07, 6.45) is 5.63. The molecule has 0 aromatic carbocycles. The average Bonchev–Trinajstić information content (AvgIpc) is 2.04. The molecule has 0 unspecified atom stereocenters. The van der Waals surface area contributed by atoms with Crippen molar-refractivity contribution in [2.75, 3.05) is 5.75 Å². The van der Waals surface area contributed by atoms with Crippen LogP contribution >= 0.6 is 24.2 Å². The maximum absolute atomic E-state index is 5.60. The van der Waals surface area contributed by atoms with Crippen LogP contribution in [0.1, 0.15) is 5.56 Å². The van der Waals surface area contributed by atoms with Gasteiger partial charge in [-0.25, -0.2) is 4.98 Å². The molecule has 1 heterocycles. The number of halogens is 1.